The molecule has 0 saturated carbocycles. The molecule has 1 aromatic heterocycles. The number of nitrogens with one attached hydrogen (secondary N) is 1. The summed E-state index contributed by atoms with van der Waals surface area (Å²) in [4.78, 5) is 14.8. The molecule has 0 spiro atoms. The predicted octanol–water partition coefficient (Wildman–Crippen LogP) is 3.44. The average Bonchev–Trinajstić information content (AvgIpc) is 3.14. The molecule has 0 radical (unpaired) electrons. The Bertz CT molecular complexity index is 922. The van der Waals surface area contributed by atoms with E-state index in [1.54, 1.807) is 12.1 Å². The lowest BCUT2D eigenvalue weighted by molar-refractivity contribution is 0.0898. The third-order valence-corrected chi connectivity index (χ3v) is 5.03. The van der Waals surface area contributed by atoms with Crippen molar-refractivity contribution >= 4 is 5.91 Å². The third-order valence-electron chi connectivity index (χ3n) is 5.03. The predicted molar refractivity (Wildman–Crippen MR) is 103 cm³/mol. The molecule has 4 nitrogen and oxygen atoms in total. The van der Waals surface area contributed by atoms with Gasteiger partial charge in [0.1, 0.15) is 5.82 Å². The van der Waals surface area contributed by atoms with E-state index in [4.69, 9.17) is 0 Å². The minimum atomic E-state index is -0.400. The molecule has 4 rings (SSSR count). The largest absolute Gasteiger partial charge is 0.350 e. The number of rotatable bonds is 5. The van der Waals surface area contributed by atoms with Crippen molar-refractivity contribution in [1.29, 1.82) is 0 Å². The maximum atomic E-state index is 13.4. The zero-order valence-corrected chi connectivity index (χ0v) is 15.0. The standard InChI is InChI=1S/C22H22FN3O/c23-19-9-4-8-18(12-19)22(27)24-13-21-16-25-11-5-10-20(25)15-26(21)14-17-6-2-1-3-7-17/h1-12,21H,13-16H2,(H,24,27). The van der Waals surface area contributed by atoms with E-state index < -0.39 is 5.82 Å². The minimum Gasteiger partial charge on any atom is -0.350 e. The molecule has 1 amide bonds. The highest BCUT2D eigenvalue weighted by Gasteiger charge is 2.26. The molecular formula is C22H22FN3O. The van der Waals surface area contributed by atoms with Crippen LogP contribution >= 0.6 is 0 Å². The molecule has 5 heteroatoms. The molecule has 1 aliphatic heterocycles. The van der Waals surface area contributed by atoms with Crippen LogP contribution in [-0.2, 0) is 19.6 Å². The Balaban J connectivity index is 1.47. The van der Waals surface area contributed by atoms with Crippen LogP contribution in [0.2, 0.25) is 0 Å². The Labute approximate surface area is 158 Å². The lowest BCUT2D eigenvalue weighted by Gasteiger charge is -2.37. The van der Waals surface area contributed by atoms with Gasteiger partial charge in [-0.2, -0.15) is 0 Å². The van der Waals surface area contributed by atoms with Gasteiger partial charge in [0.2, 0.25) is 0 Å². The number of carbonyl (C=O) groups excluding carboxylic acids is 1. The first-order valence-corrected chi connectivity index (χ1v) is 9.15. The van der Waals surface area contributed by atoms with Crippen molar-refractivity contribution in [1.82, 2.24) is 14.8 Å². The van der Waals surface area contributed by atoms with Crippen LogP contribution < -0.4 is 5.32 Å². The molecule has 0 fully saturated rings. The van der Waals surface area contributed by atoms with Crippen LogP contribution in [0.5, 0.6) is 0 Å². The number of halogens is 1. The molecule has 0 aliphatic carbocycles. The molecule has 1 N–H and O–H groups in total. The van der Waals surface area contributed by atoms with E-state index in [2.05, 4.69) is 45.2 Å². The van der Waals surface area contributed by atoms with Gasteiger partial charge in [-0.3, -0.25) is 9.69 Å². The van der Waals surface area contributed by atoms with Crippen molar-refractivity contribution in [3.63, 3.8) is 0 Å². The molecule has 1 atom stereocenters. The number of aromatic nitrogens is 1. The minimum absolute atomic E-state index is 0.169. The summed E-state index contributed by atoms with van der Waals surface area (Å²) >= 11 is 0. The van der Waals surface area contributed by atoms with Gasteiger partial charge in [-0.15, -0.1) is 0 Å². The summed E-state index contributed by atoms with van der Waals surface area (Å²) in [6, 6.07) is 20.5. The maximum Gasteiger partial charge on any atom is 0.251 e. The number of hydrogen-bond donors (Lipinski definition) is 1. The second-order valence-electron chi connectivity index (χ2n) is 6.92. The van der Waals surface area contributed by atoms with Gasteiger partial charge in [-0.25, -0.2) is 4.39 Å². The SMILES string of the molecule is O=C(NCC1Cn2cccc2CN1Cc1ccccc1)c1cccc(F)c1. The van der Waals surface area contributed by atoms with E-state index in [0.717, 1.165) is 19.6 Å². The molecule has 27 heavy (non-hydrogen) atoms. The quantitative estimate of drug-likeness (QED) is 0.754. The van der Waals surface area contributed by atoms with Crippen molar-refractivity contribution < 1.29 is 9.18 Å². The summed E-state index contributed by atoms with van der Waals surface area (Å²) in [5.41, 5.74) is 2.87. The first kappa shape index (κ1) is 17.5. The van der Waals surface area contributed by atoms with Gasteiger partial charge in [-0.05, 0) is 35.9 Å². The van der Waals surface area contributed by atoms with Crippen LogP contribution in [0.1, 0.15) is 21.6 Å². The van der Waals surface area contributed by atoms with Gasteiger partial charge in [0.05, 0.1) is 0 Å². The number of carbonyl (C=O) groups is 1. The summed E-state index contributed by atoms with van der Waals surface area (Å²) < 4.78 is 15.6. The summed E-state index contributed by atoms with van der Waals surface area (Å²) in [7, 11) is 0. The number of nitrogens with zero attached hydrogens (tertiary/aromatic N) is 2. The highest BCUT2D eigenvalue weighted by atomic mass is 19.1. The van der Waals surface area contributed by atoms with Gasteiger partial charge < -0.3 is 9.88 Å². The zero-order chi connectivity index (χ0) is 18.6. The zero-order valence-electron chi connectivity index (χ0n) is 15.0. The number of fused-ring (bicyclic) bond motifs is 1. The third kappa shape index (κ3) is 4.09. The first-order valence-electron chi connectivity index (χ1n) is 9.15. The second kappa shape index (κ2) is 7.76. The lowest BCUT2D eigenvalue weighted by Crippen LogP contribution is -2.48. The Kier molecular flexibility index (Phi) is 5.03. The summed E-state index contributed by atoms with van der Waals surface area (Å²) in [5.74, 6) is -0.643. The molecule has 0 saturated heterocycles. The lowest BCUT2D eigenvalue weighted by atomic mass is 10.1. The van der Waals surface area contributed by atoms with E-state index in [-0.39, 0.29) is 11.9 Å². The molecule has 138 valence electrons. The average molecular weight is 363 g/mol. The Morgan fingerprint density at radius 3 is 2.74 bits per heavy atom. The van der Waals surface area contributed by atoms with Crippen LogP contribution in [0.4, 0.5) is 4.39 Å². The van der Waals surface area contributed by atoms with E-state index in [0.29, 0.717) is 12.1 Å². The van der Waals surface area contributed by atoms with Gasteiger partial charge in [0, 0.05) is 49.7 Å². The number of amides is 1. The Morgan fingerprint density at radius 1 is 1.07 bits per heavy atom. The van der Waals surface area contributed by atoms with Gasteiger partial charge in [0.15, 0.2) is 0 Å². The summed E-state index contributed by atoms with van der Waals surface area (Å²) in [5, 5.41) is 2.97. The second-order valence-corrected chi connectivity index (χ2v) is 6.92. The fourth-order valence-electron chi connectivity index (χ4n) is 3.59. The van der Waals surface area contributed by atoms with Crippen molar-refractivity contribution in [2.75, 3.05) is 6.54 Å². The van der Waals surface area contributed by atoms with E-state index >= 15 is 0 Å². The Morgan fingerprint density at radius 2 is 1.93 bits per heavy atom. The maximum absolute atomic E-state index is 13.4. The highest BCUT2D eigenvalue weighted by molar-refractivity contribution is 5.94. The number of benzene rings is 2. The molecule has 1 unspecified atom stereocenters. The summed E-state index contributed by atoms with van der Waals surface area (Å²) in [6.45, 7) is 2.99. The first-order chi connectivity index (χ1) is 13.2. The van der Waals surface area contributed by atoms with Crippen LogP contribution in [0.25, 0.3) is 0 Å². The van der Waals surface area contributed by atoms with Crippen molar-refractivity contribution in [2.45, 2.75) is 25.7 Å². The molecule has 3 aromatic rings. The Hall–Kier alpha value is -2.92. The van der Waals surface area contributed by atoms with E-state index in [1.165, 1.54) is 23.4 Å². The van der Waals surface area contributed by atoms with E-state index in [1.807, 2.05) is 18.2 Å². The van der Waals surface area contributed by atoms with Crippen molar-refractivity contribution in [3.05, 3.63) is 95.6 Å². The fourth-order valence-corrected chi connectivity index (χ4v) is 3.59. The monoisotopic (exact) mass is 363 g/mol. The molecule has 2 aromatic carbocycles. The molecule has 2 heterocycles. The normalized spacial score (nSPS) is 16.7. The summed E-state index contributed by atoms with van der Waals surface area (Å²) in [6.07, 6.45) is 2.08. The van der Waals surface area contributed by atoms with Crippen LogP contribution in [0.3, 0.4) is 0 Å². The van der Waals surface area contributed by atoms with Crippen molar-refractivity contribution in [3.8, 4) is 0 Å². The molecule has 0 bridgehead atoms. The van der Waals surface area contributed by atoms with Crippen LogP contribution in [0, 0.1) is 5.82 Å². The van der Waals surface area contributed by atoms with Gasteiger partial charge >= 0.3 is 0 Å². The molecule has 1 aliphatic rings. The van der Waals surface area contributed by atoms with Gasteiger partial charge in [-0.1, -0.05) is 36.4 Å². The van der Waals surface area contributed by atoms with E-state index in [9.17, 15) is 9.18 Å². The highest BCUT2D eigenvalue weighted by Crippen LogP contribution is 2.20. The van der Waals surface area contributed by atoms with Crippen LogP contribution in [0.15, 0.2) is 72.9 Å². The fraction of sp³-hybridized carbons (Fsp3) is 0.227. The smallest absolute Gasteiger partial charge is 0.251 e. The molecular weight excluding hydrogens is 341 g/mol. The van der Waals surface area contributed by atoms with Gasteiger partial charge in [0.25, 0.3) is 5.91 Å². The van der Waals surface area contributed by atoms with Crippen molar-refractivity contribution in [2.24, 2.45) is 0 Å². The topological polar surface area (TPSA) is 37.3 Å². The number of hydrogen-bond acceptors (Lipinski definition) is 2. The van der Waals surface area contributed by atoms with Crippen LogP contribution in [-0.4, -0.2) is 28.0 Å².